The van der Waals surface area contributed by atoms with Gasteiger partial charge >= 0.3 is 0 Å². The van der Waals surface area contributed by atoms with Crippen molar-refractivity contribution in [1.29, 1.82) is 0 Å². The summed E-state index contributed by atoms with van der Waals surface area (Å²) in [6, 6.07) is 8.41. The number of aromatic nitrogens is 3. The lowest BCUT2D eigenvalue weighted by atomic mass is 10.3. The Hall–Kier alpha value is -1.05. The maximum absolute atomic E-state index is 5.72. The van der Waals surface area contributed by atoms with Crippen LogP contribution in [0.15, 0.2) is 33.9 Å². The SMILES string of the molecule is NCc1nnc(SCCOc2cccc(Br)c2)n1C1CC1. The summed E-state index contributed by atoms with van der Waals surface area (Å²) in [5, 5.41) is 9.36. The first-order chi connectivity index (χ1) is 10.3. The van der Waals surface area contributed by atoms with Gasteiger partial charge in [0.05, 0.1) is 13.2 Å². The molecule has 21 heavy (non-hydrogen) atoms. The molecule has 5 nitrogen and oxygen atoms in total. The Morgan fingerprint density at radius 3 is 2.95 bits per heavy atom. The van der Waals surface area contributed by atoms with E-state index in [9.17, 15) is 0 Å². The Labute approximate surface area is 136 Å². The van der Waals surface area contributed by atoms with E-state index in [0.29, 0.717) is 19.2 Å². The van der Waals surface area contributed by atoms with E-state index < -0.39 is 0 Å². The predicted octanol–water partition coefficient (Wildman–Crippen LogP) is 3.01. The van der Waals surface area contributed by atoms with Crippen LogP contribution in [0.1, 0.15) is 24.7 Å². The highest BCUT2D eigenvalue weighted by Crippen LogP contribution is 2.38. The molecule has 1 aliphatic rings. The molecular formula is C14H17BrN4OS. The molecule has 1 aliphatic carbocycles. The Bertz CT molecular complexity index is 615. The molecule has 2 aromatic rings. The van der Waals surface area contributed by atoms with E-state index in [0.717, 1.165) is 27.0 Å². The Morgan fingerprint density at radius 1 is 1.38 bits per heavy atom. The minimum atomic E-state index is 0.443. The van der Waals surface area contributed by atoms with Crippen molar-refractivity contribution in [3.63, 3.8) is 0 Å². The zero-order chi connectivity index (χ0) is 14.7. The van der Waals surface area contributed by atoms with Crippen molar-refractivity contribution >= 4 is 27.7 Å². The zero-order valence-corrected chi connectivity index (χ0v) is 13.9. The standard InChI is InChI=1S/C14H17BrN4OS/c15-10-2-1-3-12(8-10)20-6-7-21-14-18-17-13(9-16)19(14)11-4-5-11/h1-3,8,11H,4-7,9,16H2. The van der Waals surface area contributed by atoms with Gasteiger partial charge in [-0.05, 0) is 31.0 Å². The van der Waals surface area contributed by atoms with Crippen LogP contribution in [0.2, 0.25) is 0 Å². The molecule has 0 bridgehead atoms. The smallest absolute Gasteiger partial charge is 0.191 e. The molecule has 1 saturated carbocycles. The molecular weight excluding hydrogens is 352 g/mol. The molecule has 1 fully saturated rings. The Balaban J connectivity index is 1.53. The van der Waals surface area contributed by atoms with Crippen LogP contribution in [0.5, 0.6) is 5.75 Å². The minimum absolute atomic E-state index is 0.443. The largest absolute Gasteiger partial charge is 0.493 e. The average Bonchev–Trinajstić information content (AvgIpc) is 3.24. The number of rotatable bonds is 7. The van der Waals surface area contributed by atoms with E-state index in [1.54, 1.807) is 11.8 Å². The molecule has 112 valence electrons. The number of thioether (sulfide) groups is 1. The summed E-state index contributed by atoms with van der Waals surface area (Å²) in [5.74, 6) is 2.59. The van der Waals surface area contributed by atoms with E-state index in [1.807, 2.05) is 24.3 Å². The fourth-order valence-electron chi connectivity index (χ4n) is 2.09. The highest BCUT2D eigenvalue weighted by atomic mass is 79.9. The molecule has 1 aromatic heterocycles. The number of hydrogen-bond acceptors (Lipinski definition) is 5. The fraction of sp³-hybridized carbons (Fsp3) is 0.429. The second-order valence-corrected chi connectivity index (χ2v) is 6.84. The molecule has 3 rings (SSSR count). The summed E-state index contributed by atoms with van der Waals surface area (Å²) in [4.78, 5) is 0. The lowest BCUT2D eigenvalue weighted by Gasteiger charge is -2.08. The monoisotopic (exact) mass is 368 g/mol. The van der Waals surface area contributed by atoms with Crippen LogP contribution >= 0.6 is 27.7 Å². The molecule has 0 amide bonds. The van der Waals surface area contributed by atoms with Gasteiger partial charge in [0.15, 0.2) is 5.16 Å². The third-order valence-electron chi connectivity index (χ3n) is 3.21. The molecule has 0 spiro atoms. The Kier molecular flexibility index (Phi) is 4.82. The number of ether oxygens (including phenoxy) is 1. The van der Waals surface area contributed by atoms with Crippen molar-refractivity contribution in [2.24, 2.45) is 5.73 Å². The van der Waals surface area contributed by atoms with Gasteiger partial charge in [0.1, 0.15) is 11.6 Å². The van der Waals surface area contributed by atoms with Gasteiger partial charge in [0.2, 0.25) is 0 Å². The van der Waals surface area contributed by atoms with E-state index >= 15 is 0 Å². The first-order valence-corrected chi connectivity index (χ1v) is 8.71. The van der Waals surface area contributed by atoms with E-state index in [1.165, 1.54) is 12.8 Å². The average molecular weight is 369 g/mol. The summed E-state index contributed by atoms with van der Waals surface area (Å²) in [5.41, 5.74) is 5.71. The van der Waals surface area contributed by atoms with Crippen molar-refractivity contribution in [2.45, 2.75) is 30.6 Å². The third kappa shape index (κ3) is 3.78. The van der Waals surface area contributed by atoms with Crippen LogP contribution in [0.4, 0.5) is 0 Å². The van der Waals surface area contributed by atoms with Crippen LogP contribution in [-0.4, -0.2) is 27.1 Å². The minimum Gasteiger partial charge on any atom is -0.493 e. The van der Waals surface area contributed by atoms with Crippen LogP contribution in [-0.2, 0) is 6.54 Å². The maximum atomic E-state index is 5.72. The summed E-state index contributed by atoms with van der Waals surface area (Å²) in [6.07, 6.45) is 2.40. The number of nitrogens with two attached hydrogens (primary N) is 1. The summed E-state index contributed by atoms with van der Waals surface area (Å²) < 4.78 is 8.93. The fourth-order valence-corrected chi connectivity index (χ4v) is 3.31. The van der Waals surface area contributed by atoms with Crippen molar-refractivity contribution in [3.8, 4) is 5.75 Å². The highest BCUT2D eigenvalue weighted by Gasteiger charge is 2.29. The van der Waals surface area contributed by atoms with Gasteiger partial charge in [-0.15, -0.1) is 10.2 Å². The number of nitrogens with zero attached hydrogens (tertiary/aromatic N) is 3. The van der Waals surface area contributed by atoms with E-state index in [-0.39, 0.29) is 0 Å². The van der Waals surface area contributed by atoms with Gasteiger partial charge < -0.3 is 15.0 Å². The van der Waals surface area contributed by atoms with Gasteiger partial charge in [-0.25, -0.2) is 0 Å². The lowest BCUT2D eigenvalue weighted by Crippen LogP contribution is -2.08. The summed E-state index contributed by atoms with van der Waals surface area (Å²) >= 11 is 5.10. The second-order valence-electron chi connectivity index (χ2n) is 4.86. The van der Waals surface area contributed by atoms with Crippen LogP contribution in [0, 0.1) is 0 Å². The maximum Gasteiger partial charge on any atom is 0.191 e. The van der Waals surface area contributed by atoms with Crippen LogP contribution < -0.4 is 10.5 Å². The van der Waals surface area contributed by atoms with E-state index in [2.05, 4.69) is 30.7 Å². The third-order valence-corrected chi connectivity index (χ3v) is 4.61. The van der Waals surface area contributed by atoms with E-state index in [4.69, 9.17) is 10.5 Å². The molecule has 0 unspecified atom stereocenters. The normalized spacial score (nSPS) is 14.4. The molecule has 2 N–H and O–H groups in total. The molecule has 1 heterocycles. The number of hydrogen-bond donors (Lipinski definition) is 1. The van der Waals surface area contributed by atoms with Gasteiger partial charge in [-0.2, -0.15) is 0 Å². The van der Waals surface area contributed by atoms with Gasteiger partial charge in [-0.3, -0.25) is 0 Å². The molecule has 0 saturated heterocycles. The molecule has 1 aromatic carbocycles. The van der Waals surface area contributed by atoms with Crippen molar-refractivity contribution in [2.75, 3.05) is 12.4 Å². The van der Waals surface area contributed by atoms with Crippen LogP contribution in [0.25, 0.3) is 0 Å². The number of halogens is 1. The van der Waals surface area contributed by atoms with Crippen molar-refractivity contribution < 1.29 is 4.74 Å². The summed E-state index contributed by atoms with van der Waals surface area (Å²) in [6.45, 7) is 1.08. The van der Waals surface area contributed by atoms with Gasteiger partial charge in [-0.1, -0.05) is 33.8 Å². The molecule has 0 aliphatic heterocycles. The first kappa shape index (κ1) is 14.9. The topological polar surface area (TPSA) is 66.0 Å². The molecule has 0 radical (unpaired) electrons. The number of benzene rings is 1. The quantitative estimate of drug-likeness (QED) is 0.600. The molecule has 0 atom stereocenters. The van der Waals surface area contributed by atoms with Gasteiger partial charge in [0.25, 0.3) is 0 Å². The lowest BCUT2D eigenvalue weighted by molar-refractivity contribution is 0.343. The van der Waals surface area contributed by atoms with Crippen LogP contribution in [0.3, 0.4) is 0 Å². The molecule has 7 heteroatoms. The van der Waals surface area contributed by atoms with Crippen molar-refractivity contribution in [3.05, 3.63) is 34.6 Å². The summed E-state index contributed by atoms with van der Waals surface area (Å²) in [7, 11) is 0. The van der Waals surface area contributed by atoms with Crippen molar-refractivity contribution in [1.82, 2.24) is 14.8 Å². The highest BCUT2D eigenvalue weighted by molar-refractivity contribution is 9.10. The Morgan fingerprint density at radius 2 is 2.24 bits per heavy atom. The second kappa shape index (κ2) is 6.81. The predicted molar refractivity (Wildman–Crippen MR) is 86.5 cm³/mol. The first-order valence-electron chi connectivity index (χ1n) is 6.93. The van der Waals surface area contributed by atoms with Gasteiger partial charge in [0, 0.05) is 16.3 Å². The zero-order valence-electron chi connectivity index (χ0n) is 11.5.